The van der Waals surface area contributed by atoms with Crippen LogP contribution in [-0.2, 0) is 4.79 Å². The van der Waals surface area contributed by atoms with Crippen molar-refractivity contribution in [1.29, 1.82) is 0 Å². The molecule has 16 heavy (non-hydrogen) atoms. The van der Waals surface area contributed by atoms with Gasteiger partial charge in [-0.3, -0.25) is 4.79 Å². The lowest BCUT2D eigenvalue weighted by atomic mass is 10.1. The molecule has 0 bridgehead atoms. The molecule has 3 nitrogen and oxygen atoms in total. The lowest BCUT2D eigenvalue weighted by Crippen LogP contribution is -2.19. The molecule has 0 atom stereocenters. The Kier molecular flexibility index (Phi) is 4.38. The fraction of sp³-hybridized carbons (Fsp3) is 0.250. The number of aryl methyl sites for hydroxylation is 1. The van der Waals surface area contributed by atoms with Crippen molar-refractivity contribution in [1.82, 2.24) is 5.32 Å². The first-order chi connectivity index (χ1) is 7.50. The fourth-order valence-corrected chi connectivity index (χ4v) is 1.56. The van der Waals surface area contributed by atoms with Gasteiger partial charge < -0.3 is 10.4 Å². The summed E-state index contributed by atoms with van der Waals surface area (Å²) in [5.74, 6) is 0.125. The summed E-state index contributed by atoms with van der Waals surface area (Å²) in [7, 11) is 0. The first-order valence-corrected chi connectivity index (χ1v) is 5.28. The van der Waals surface area contributed by atoms with Crippen molar-refractivity contribution in [2.75, 3.05) is 6.54 Å². The van der Waals surface area contributed by atoms with Gasteiger partial charge in [0.15, 0.2) is 0 Å². The van der Waals surface area contributed by atoms with Crippen molar-refractivity contribution < 1.29 is 9.90 Å². The number of carbonyl (C=O) groups is 1. The van der Waals surface area contributed by atoms with E-state index in [0.717, 1.165) is 5.56 Å². The van der Waals surface area contributed by atoms with E-state index in [1.165, 1.54) is 6.92 Å². The van der Waals surface area contributed by atoms with Crippen molar-refractivity contribution in [2.24, 2.45) is 0 Å². The number of phenolic OH excluding ortho intramolecular Hbond substituents is 1. The Morgan fingerprint density at radius 1 is 1.56 bits per heavy atom. The minimum absolute atomic E-state index is 0.0869. The van der Waals surface area contributed by atoms with Crippen LogP contribution >= 0.6 is 11.6 Å². The topological polar surface area (TPSA) is 49.3 Å². The van der Waals surface area contributed by atoms with Crippen LogP contribution in [0.1, 0.15) is 18.1 Å². The summed E-state index contributed by atoms with van der Waals surface area (Å²) in [6.45, 7) is 3.67. The van der Waals surface area contributed by atoms with Crippen LogP contribution in [0.15, 0.2) is 18.2 Å². The second-order valence-electron chi connectivity index (χ2n) is 3.50. The van der Waals surface area contributed by atoms with Gasteiger partial charge in [-0.1, -0.05) is 23.8 Å². The maximum atomic E-state index is 10.6. The van der Waals surface area contributed by atoms with E-state index in [9.17, 15) is 9.90 Å². The van der Waals surface area contributed by atoms with Crippen molar-refractivity contribution in [3.05, 3.63) is 34.4 Å². The zero-order valence-corrected chi connectivity index (χ0v) is 10.0. The number of hydrogen-bond acceptors (Lipinski definition) is 2. The fourth-order valence-electron chi connectivity index (χ4n) is 1.28. The van der Waals surface area contributed by atoms with Gasteiger partial charge in [0, 0.05) is 24.1 Å². The maximum Gasteiger partial charge on any atom is 0.217 e. The molecule has 0 aliphatic heterocycles. The molecule has 0 spiro atoms. The third-order valence-corrected chi connectivity index (χ3v) is 2.28. The van der Waals surface area contributed by atoms with E-state index >= 15 is 0 Å². The van der Waals surface area contributed by atoms with Crippen LogP contribution in [0.5, 0.6) is 5.75 Å². The van der Waals surface area contributed by atoms with Crippen LogP contribution in [0.4, 0.5) is 0 Å². The van der Waals surface area contributed by atoms with Gasteiger partial charge in [0.25, 0.3) is 0 Å². The summed E-state index contributed by atoms with van der Waals surface area (Å²) in [5.41, 5.74) is 1.38. The number of carbonyl (C=O) groups excluding carboxylic acids is 1. The number of nitrogens with one attached hydrogen (secondary N) is 1. The van der Waals surface area contributed by atoms with Crippen molar-refractivity contribution >= 4 is 23.6 Å². The minimum atomic E-state index is -0.0869. The van der Waals surface area contributed by atoms with Gasteiger partial charge in [-0.15, -0.1) is 0 Å². The summed E-state index contributed by atoms with van der Waals surface area (Å²) in [6.07, 6.45) is 3.48. The lowest BCUT2D eigenvalue weighted by Gasteiger charge is -2.04. The van der Waals surface area contributed by atoms with Crippen molar-refractivity contribution in [3.8, 4) is 5.75 Å². The molecule has 0 aliphatic rings. The SMILES string of the molecule is CC(=O)NCC=Cc1cc(Cl)cc(C)c1O. The average molecular weight is 240 g/mol. The molecule has 1 aromatic carbocycles. The number of amides is 1. The summed E-state index contributed by atoms with van der Waals surface area (Å²) in [6, 6.07) is 3.37. The third kappa shape index (κ3) is 3.59. The second-order valence-corrected chi connectivity index (χ2v) is 3.94. The van der Waals surface area contributed by atoms with E-state index in [2.05, 4.69) is 5.32 Å². The number of halogens is 1. The number of aromatic hydroxyl groups is 1. The predicted molar refractivity (Wildman–Crippen MR) is 65.6 cm³/mol. The molecule has 0 saturated carbocycles. The van der Waals surface area contributed by atoms with E-state index in [1.807, 2.05) is 0 Å². The molecule has 1 aromatic rings. The minimum Gasteiger partial charge on any atom is -0.507 e. The van der Waals surface area contributed by atoms with Gasteiger partial charge >= 0.3 is 0 Å². The quantitative estimate of drug-likeness (QED) is 0.852. The van der Waals surface area contributed by atoms with Crippen LogP contribution in [0.3, 0.4) is 0 Å². The van der Waals surface area contributed by atoms with Crippen LogP contribution in [-0.4, -0.2) is 17.6 Å². The molecule has 2 N–H and O–H groups in total. The average Bonchev–Trinajstić information content (AvgIpc) is 2.19. The monoisotopic (exact) mass is 239 g/mol. The van der Waals surface area contributed by atoms with Crippen molar-refractivity contribution in [3.63, 3.8) is 0 Å². The highest BCUT2D eigenvalue weighted by Gasteiger charge is 2.02. The third-order valence-electron chi connectivity index (χ3n) is 2.06. The number of hydrogen-bond donors (Lipinski definition) is 2. The number of phenols is 1. The van der Waals surface area contributed by atoms with Crippen molar-refractivity contribution in [2.45, 2.75) is 13.8 Å². The zero-order chi connectivity index (χ0) is 12.1. The Morgan fingerprint density at radius 3 is 2.88 bits per heavy atom. The van der Waals surface area contributed by atoms with Gasteiger partial charge in [-0.05, 0) is 24.6 Å². The summed E-state index contributed by atoms with van der Waals surface area (Å²) in [4.78, 5) is 10.6. The molecule has 0 aliphatic carbocycles. The molecule has 0 heterocycles. The summed E-state index contributed by atoms with van der Waals surface area (Å²) >= 11 is 5.87. The van der Waals surface area contributed by atoms with Gasteiger partial charge in [0.1, 0.15) is 5.75 Å². The van der Waals surface area contributed by atoms with E-state index in [1.54, 1.807) is 31.2 Å². The van der Waals surface area contributed by atoms with E-state index in [0.29, 0.717) is 17.1 Å². The number of rotatable bonds is 3. The summed E-state index contributed by atoms with van der Waals surface area (Å²) < 4.78 is 0. The molecule has 86 valence electrons. The maximum absolute atomic E-state index is 10.6. The first-order valence-electron chi connectivity index (χ1n) is 4.91. The first kappa shape index (κ1) is 12.6. The lowest BCUT2D eigenvalue weighted by molar-refractivity contribution is -0.118. The Bertz CT molecular complexity index is 427. The normalized spacial score (nSPS) is 10.7. The predicted octanol–water partition coefficient (Wildman–Crippen LogP) is 2.50. The van der Waals surface area contributed by atoms with Crippen LogP contribution < -0.4 is 5.32 Å². The van der Waals surface area contributed by atoms with Gasteiger partial charge in [0.2, 0.25) is 5.91 Å². The second kappa shape index (κ2) is 5.56. The molecule has 0 aromatic heterocycles. The van der Waals surface area contributed by atoms with Crippen LogP contribution in [0, 0.1) is 6.92 Å². The van der Waals surface area contributed by atoms with E-state index < -0.39 is 0 Å². The van der Waals surface area contributed by atoms with E-state index in [4.69, 9.17) is 11.6 Å². The Morgan fingerprint density at radius 2 is 2.25 bits per heavy atom. The van der Waals surface area contributed by atoms with Gasteiger partial charge in [0.05, 0.1) is 0 Å². The highest BCUT2D eigenvalue weighted by atomic mass is 35.5. The molecule has 4 heteroatoms. The number of benzene rings is 1. The molecule has 0 fully saturated rings. The van der Waals surface area contributed by atoms with E-state index in [-0.39, 0.29) is 11.7 Å². The molecule has 0 saturated heterocycles. The highest BCUT2D eigenvalue weighted by Crippen LogP contribution is 2.27. The summed E-state index contributed by atoms with van der Waals surface area (Å²) in [5, 5.41) is 12.9. The molecular formula is C12H14ClNO2. The molecule has 0 radical (unpaired) electrons. The zero-order valence-electron chi connectivity index (χ0n) is 9.25. The Balaban J connectivity index is 2.77. The molecule has 0 unspecified atom stereocenters. The molecule has 1 amide bonds. The van der Waals surface area contributed by atoms with Gasteiger partial charge in [-0.25, -0.2) is 0 Å². The standard InChI is InChI=1S/C12H14ClNO2/c1-8-6-11(13)7-10(12(8)16)4-3-5-14-9(2)15/h3-4,6-7,16H,5H2,1-2H3,(H,14,15). The largest absolute Gasteiger partial charge is 0.507 e. The molecular weight excluding hydrogens is 226 g/mol. The van der Waals surface area contributed by atoms with Gasteiger partial charge in [-0.2, -0.15) is 0 Å². The smallest absolute Gasteiger partial charge is 0.217 e. The Hall–Kier alpha value is -1.48. The van der Waals surface area contributed by atoms with Crippen LogP contribution in [0.2, 0.25) is 5.02 Å². The molecule has 1 rings (SSSR count). The highest BCUT2D eigenvalue weighted by molar-refractivity contribution is 6.30. The van der Waals surface area contributed by atoms with Crippen LogP contribution in [0.25, 0.3) is 6.08 Å². The Labute approximate surface area is 99.7 Å².